The predicted molar refractivity (Wildman–Crippen MR) is 82.8 cm³/mol. The molecule has 108 valence electrons. The zero-order valence-electron chi connectivity index (χ0n) is 10.8. The molecule has 21 heavy (non-hydrogen) atoms. The van der Waals surface area contributed by atoms with Crippen molar-refractivity contribution >= 4 is 46.0 Å². The zero-order chi connectivity index (χ0) is 15.0. The van der Waals surface area contributed by atoms with Crippen LogP contribution >= 0.6 is 34.8 Å². The average Bonchev–Trinajstić information content (AvgIpc) is 2.85. The second-order valence-electron chi connectivity index (χ2n) is 4.15. The van der Waals surface area contributed by atoms with Crippen LogP contribution in [0.15, 0.2) is 24.5 Å². The molecular formula is C13H9Cl3N4O. The van der Waals surface area contributed by atoms with Crippen LogP contribution in [-0.2, 0) is 5.88 Å². The van der Waals surface area contributed by atoms with Gasteiger partial charge in [0, 0.05) is 5.02 Å². The third-order valence-electron chi connectivity index (χ3n) is 2.94. The number of benzene rings is 1. The van der Waals surface area contributed by atoms with Crippen molar-refractivity contribution in [3.05, 3.63) is 40.4 Å². The van der Waals surface area contributed by atoms with Gasteiger partial charge in [0.2, 0.25) is 5.88 Å². The van der Waals surface area contributed by atoms with Crippen molar-refractivity contribution in [2.45, 2.75) is 5.88 Å². The van der Waals surface area contributed by atoms with Gasteiger partial charge in [-0.1, -0.05) is 23.2 Å². The van der Waals surface area contributed by atoms with E-state index in [2.05, 4.69) is 15.0 Å². The number of alkyl halides is 1. The summed E-state index contributed by atoms with van der Waals surface area (Å²) >= 11 is 18.2. The number of hydrogen-bond acceptors (Lipinski definition) is 4. The average molecular weight is 344 g/mol. The molecule has 0 unspecified atom stereocenters. The van der Waals surface area contributed by atoms with Gasteiger partial charge in [0.15, 0.2) is 11.2 Å². The summed E-state index contributed by atoms with van der Waals surface area (Å²) in [6, 6.07) is 5.18. The number of ether oxygens (including phenoxy) is 1. The largest absolute Gasteiger partial charge is 0.479 e. The van der Waals surface area contributed by atoms with Gasteiger partial charge in [-0.15, -0.1) is 11.6 Å². The molecule has 0 bridgehead atoms. The van der Waals surface area contributed by atoms with Crippen molar-refractivity contribution in [1.82, 2.24) is 19.5 Å². The lowest BCUT2D eigenvalue weighted by molar-refractivity contribution is 0.401. The Morgan fingerprint density at radius 1 is 1.24 bits per heavy atom. The van der Waals surface area contributed by atoms with Crippen LogP contribution in [-0.4, -0.2) is 26.6 Å². The maximum atomic E-state index is 6.27. The Labute approximate surface area is 135 Å². The Kier molecular flexibility index (Phi) is 3.89. The summed E-state index contributed by atoms with van der Waals surface area (Å²) < 4.78 is 6.97. The number of methoxy groups -OCH3 is 1. The number of halogens is 3. The lowest BCUT2D eigenvalue weighted by atomic mass is 10.3. The molecule has 0 radical (unpaired) electrons. The van der Waals surface area contributed by atoms with Gasteiger partial charge in [0.25, 0.3) is 0 Å². The van der Waals surface area contributed by atoms with Crippen molar-refractivity contribution in [3.8, 4) is 11.6 Å². The van der Waals surface area contributed by atoms with E-state index in [9.17, 15) is 0 Å². The summed E-state index contributed by atoms with van der Waals surface area (Å²) in [5, 5.41) is 1.03. The van der Waals surface area contributed by atoms with Crippen LogP contribution in [0.3, 0.4) is 0 Å². The monoisotopic (exact) mass is 342 g/mol. The fourth-order valence-corrected chi connectivity index (χ4v) is 2.74. The SMILES string of the molecule is COc1ncnc2c1nc(CCl)n2-c1ccc(Cl)cc1Cl. The second kappa shape index (κ2) is 5.67. The van der Waals surface area contributed by atoms with Gasteiger partial charge in [-0.25, -0.2) is 9.97 Å². The van der Waals surface area contributed by atoms with E-state index in [0.29, 0.717) is 38.6 Å². The van der Waals surface area contributed by atoms with Gasteiger partial charge < -0.3 is 4.74 Å². The van der Waals surface area contributed by atoms with Gasteiger partial charge in [0.05, 0.1) is 23.7 Å². The molecule has 0 saturated carbocycles. The van der Waals surface area contributed by atoms with E-state index in [1.54, 1.807) is 22.8 Å². The Bertz CT molecular complexity index is 819. The first-order chi connectivity index (χ1) is 10.2. The lowest BCUT2D eigenvalue weighted by Gasteiger charge is -2.09. The first-order valence-electron chi connectivity index (χ1n) is 5.93. The standard InChI is InChI=1S/C13H9Cl3N4O/c1-21-13-11-12(17-6-18-13)20(10(5-14)19-11)9-3-2-7(15)4-8(9)16/h2-4,6H,5H2,1H3. The molecule has 0 fully saturated rings. The van der Waals surface area contributed by atoms with E-state index in [0.717, 1.165) is 0 Å². The minimum absolute atomic E-state index is 0.193. The van der Waals surface area contributed by atoms with Crippen LogP contribution in [0.2, 0.25) is 10.0 Å². The van der Waals surface area contributed by atoms with Crippen LogP contribution < -0.4 is 4.74 Å². The summed E-state index contributed by atoms with van der Waals surface area (Å²) in [4.78, 5) is 12.7. The molecule has 3 rings (SSSR count). The highest BCUT2D eigenvalue weighted by Crippen LogP contribution is 2.30. The number of aromatic nitrogens is 4. The van der Waals surface area contributed by atoms with Crippen LogP contribution in [0.1, 0.15) is 5.82 Å². The summed E-state index contributed by atoms with van der Waals surface area (Å²) in [6.07, 6.45) is 1.40. The molecule has 8 heteroatoms. The molecule has 0 aliphatic carbocycles. The molecule has 0 aliphatic heterocycles. The fourth-order valence-electron chi connectivity index (χ4n) is 2.07. The Hall–Kier alpha value is -1.56. The lowest BCUT2D eigenvalue weighted by Crippen LogP contribution is -2.01. The summed E-state index contributed by atoms with van der Waals surface area (Å²) in [5.74, 6) is 1.17. The van der Waals surface area contributed by atoms with Gasteiger partial charge in [-0.3, -0.25) is 4.57 Å². The second-order valence-corrected chi connectivity index (χ2v) is 5.26. The van der Waals surface area contributed by atoms with Crippen LogP contribution in [0.4, 0.5) is 0 Å². The Morgan fingerprint density at radius 3 is 2.71 bits per heavy atom. The molecular weight excluding hydrogens is 335 g/mol. The van der Waals surface area contributed by atoms with Crippen LogP contribution in [0, 0.1) is 0 Å². The molecule has 0 atom stereocenters. The molecule has 0 saturated heterocycles. The van der Waals surface area contributed by atoms with Gasteiger partial charge in [0.1, 0.15) is 12.2 Å². The number of nitrogens with zero attached hydrogens (tertiary/aromatic N) is 4. The number of imidazole rings is 1. The molecule has 5 nitrogen and oxygen atoms in total. The quantitative estimate of drug-likeness (QED) is 0.677. The summed E-state index contributed by atoms with van der Waals surface area (Å²) in [6.45, 7) is 0. The molecule has 3 aromatic rings. The van der Waals surface area contributed by atoms with E-state index in [1.807, 2.05) is 0 Å². The maximum absolute atomic E-state index is 6.27. The molecule has 0 N–H and O–H groups in total. The molecule has 2 heterocycles. The number of fused-ring (bicyclic) bond motifs is 1. The summed E-state index contributed by atoms with van der Waals surface area (Å²) in [7, 11) is 1.52. The Morgan fingerprint density at radius 2 is 2.05 bits per heavy atom. The predicted octanol–water partition coefficient (Wildman–Crippen LogP) is 3.87. The van der Waals surface area contributed by atoms with Gasteiger partial charge in [-0.05, 0) is 18.2 Å². The van der Waals surface area contributed by atoms with E-state index >= 15 is 0 Å². The van der Waals surface area contributed by atoms with Crippen molar-refractivity contribution in [3.63, 3.8) is 0 Å². The number of hydrogen-bond donors (Lipinski definition) is 0. The smallest absolute Gasteiger partial charge is 0.245 e. The van der Waals surface area contributed by atoms with E-state index < -0.39 is 0 Å². The van der Waals surface area contributed by atoms with Crippen molar-refractivity contribution in [2.75, 3.05) is 7.11 Å². The third kappa shape index (κ3) is 2.41. The Balaban J connectivity index is 2.35. The highest BCUT2D eigenvalue weighted by molar-refractivity contribution is 6.35. The third-order valence-corrected chi connectivity index (χ3v) is 3.72. The van der Waals surface area contributed by atoms with Crippen molar-refractivity contribution < 1.29 is 4.74 Å². The molecule has 1 aromatic carbocycles. The molecule has 0 aliphatic rings. The minimum Gasteiger partial charge on any atom is -0.479 e. The van der Waals surface area contributed by atoms with Crippen LogP contribution in [0.25, 0.3) is 16.9 Å². The molecule has 2 aromatic heterocycles. The summed E-state index contributed by atoms with van der Waals surface area (Å²) in [5.41, 5.74) is 1.79. The van der Waals surface area contributed by atoms with Crippen LogP contribution in [0.5, 0.6) is 5.88 Å². The highest BCUT2D eigenvalue weighted by atomic mass is 35.5. The van der Waals surface area contributed by atoms with Crippen molar-refractivity contribution in [2.24, 2.45) is 0 Å². The van der Waals surface area contributed by atoms with Gasteiger partial charge in [-0.2, -0.15) is 4.98 Å². The van der Waals surface area contributed by atoms with E-state index in [-0.39, 0.29) is 5.88 Å². The highest BCUT2D eigenvalue weighted by Gasteiger charge is 2.18. The normalized spacial score (nSPS) is 11.0. The minimum atomic E-state index is 0.193. The van der Waals surface area contributed by atoms with E-state index in [1.165, 1.54) is 13.4 Å². The first kappa shape index (κ1) is 14.4. The maximum Gasteiger partial charge on any atom is 0.245 e. The van der Waals surface area contributed by atoms with E-state index in [4.69, 9.17) is 39.5 Å². The van der Waals surface area contributed by atoms with Crippen molar-refractivity contribution in [1.29, 1.82) is 0 Å². The topological polar surface area (TPSA) is 52.8 Å². The number of rotatable bonds is 3. The molecule has 0 spiro atoms. The van der Waals surface area contributed by atoms with Gasteiger partial charge >= 0.3 is 0 Å². The molecule has 0 amide bonds. The zero-order valence-corrected chi connectivity index (χ0v) is 13.1. The first-order valence-corrected chi connectivity index (χ1v) is 7.22. The fraction of sp³-hybridized carbons (Fsp3) is 0.154.